The Hall–Kier alpha value is -2.08. The van der Waals surface area contributed by atoms with E-state index in [4.69, 9.17) is 16.2 Å². The lowest BCUT2D eigenvalue weighted by atomic mass is 10.3. The van der Waals surface area contributed by atoms with Crippen molar-refractivity contribution in [2.45, 2.75) is 13.0 Å². The van der Waals surface area contributed by atoms with E-state index in [-0.39, 0.29) is 12.5 Å². The Balaban J connectivity index is 2.70. The van der Waals surface area contributed by atoms with Crippen molar-refractivity contribution in [2.75, 3.05) is 11.9 Å². The second-order valence-corrected chi connectivity index (χ2v) is 3.50. The van der Waals surface area contributed by atoms with E-state index < -0.39 is 11.9 Å². The Morgan fingerprint density at radius 3 is 2.65 bits per heavy atom. The molecule has 0 aromatic heterocycles. The van der Waals surface area contributed by atoms with E-state index in [9.17, 15) is 9.59 Å². The summed E-state index contributed by atoms with van der Waals surface area (Å²) in [5.41, 5.74) is 11.0. The monoisotopic (exact) mass is 237 g/mol. The molecule has 0 saturated carbocycles. The molecule has 1 unspecified atom stereocenters. The van der Waals surface area contributed by atoms with Crippen LogP contribution in [0.5, 0.6) is 5.75 Å². The molecular formula is C11H15N3O3. The summed E-state index contributed by atoms with van der Waals surface area (Å²) in [6.07, 6.45) is 0. The van der Waals surface area contributed by atoms with Gasteiger partial charge in [0, 0.05) is 6.92 Å². The Bertz CT molecular complexity index is 420. The maximum atomic E-state index is 10.9. The van der Waals surface area contributed by atoms with Crippen LogP contribution in [0.15, 0.2) is 24.3 Å². The van der Waals surface area contributed by atoms with Crippen LogP contribution < -0.4 is 21.5 Å². The van der Waals surface area contributed by atoms with E-state index in [1.165, 1.54) is 6.92 Å². The van der Waals surface area contributed by atoms with Gasteiger partial charge in [0.2, 0.25) is 11.8 Å². The zero-order chi connectivity index (χ0) is 12.8. The second kappa shape index (κ2) is 5.86. The topological polar surface area (TPSA) is 107 Å². The highest BCUT2D eigenvalue weighted by Gasteiger charge is 2.11. The average molecular weight is 237 g/mol. The first-order valence-electron chi connectivity index (χ1n) is 5.05. The van der Waals surface area contributed by atoms with Gasteiger partial charge in [-0.2, -0.15) is 0 Å². The van der Waals surface area contributed by atoms with Gasteiger partial charge in [0.15, 0.2) is 0 Å². The molecule has 6 nitrogen and oxygen atoms in total. The van der Waals surface area contributed by atoms with Gasteiger partial charge >= 0.3 is 0 Å². The third-order valence-corrected chi connectivity index (χ3v) is 1.98. The van der Waals surface area contributed by atoms with E-state index in [1.807, 2.05) is 0 Å². The minimum atomic E-state index is -0.875. The molecule has 0 heterocycles. The summed E-state index contributed by atoms with van der Waals surface area (Å²) in [4.78, 5) is 21.7. The van der Waals surface area contributed by atoms with Gasteiger partial charge in [-0.15, -0.1) is 0 Å². The van der Waals surface area contributed by atoms with Crippen molar-refractivity contribution >= 4 is 17.5 Å². The van der Waals surface area contributed by atoms with Crippen LogP contribution in [0.1, 0.15) is 6.92 Å². The quantitative estimate of drug-likeness (QED) is 0.661. The number of rotatable bonds is 5. The molecule has 5 N–H and O–H groups in total. The van der Waals surface area contributed by atoms with Crippen molar-refractivity contribution in [2.24, 2.45) is 11.5 Å². The largest absolute Gasteiger partial charge is 0.489 e. The predicted molar refractivity (Wildman–Crippen MR) is 63.4 cm³/mol. The van der Waals surface area contributed by atoms with Crippen LogP contribution in [0.3, 0.4) is 0 Å². The molecule has 1 aromatic rings. The van der Waals surface area contributed by atoms with Crippen molar-refractivity contribution in [3.63, 3.8) is 0 Å². The van der Waals surface area contributed by atoms with Crippen molar-refractivity contribution < 1.29 is 14.3 Å². The fourth-order valence-electron chi connectivity index (χ4n) is 1.15. The van der Waals surface area contributed by atoms with E-state index >= 15 is 0 Å². The standard InChI is InChI=1S/C11H15N3O3/c1-7(15)14-9-4-2-3-5-10(9)17-6-8(12)11(13)16/h2-5,8H,6,12H2,1H3,(H2,13,16)(H,14,15). The van der Waals surface area contributed by atoms with E-state index in [2.05, 4.69) is 5.32 Å². The molecule has 0 aliphatic rings. The summed E-state index contributed by atoms with van der Waals surface area (Å²) in [7, 11) is 0. The molecule has 0 aliphatic carbocycles. The van der Waals surface area contributed by atoms with Crippen LogP contribution >= 0.6 is 0 Å². The summed E-state index contributed by atoms with van der Waals surface area (Å²) in [5.74, 6) is -0.401. The molecule has 0 fully saturated rings. The maximum absolute atomic E-state index is 10.9. The molecule has 0 bridgehead atoms. The highest BCUT2D eigenvalue weighted by molar-refractivity contribution is 5.90. The lowest BCUT2D eigenvalue weighted by molar-refractivity contribution is -0.120. The van der Waals surface area contributed by atoms with Gasteiger partial charge in [0.25, 0.3) is 0 Å². The summed E-state index contributed by atoms with van der Waals surface area (Å²) in [6.45, 7) is 1.36. The number of anilines is 1. The van der Waals surface area contributed by atoms with Gasteiger partial charge in [0.05, 0.1) is 5.69 Å². The zero-order valence-corrected chi connectivity index (χ0v) is 9.47. The second-order valence-electron chi connectivity index (χ2n) is 3.50. The Labute approximate surface area is 98.9 Å². The third kappa shape index (κ3) is 4.12. The highest BCUT2D eigenvalue weighted by atomic mass is 16.5. The van der Waals surface area contributed by atoms with Gasteiger partial charge in [-0.1, -0.05) is 12.1 Å². The maximum Gasteiger partial charge on any atom is 0.237 e. The number of hydrogen-bond donors (Lipinski definition) is 3. The molecular weight excluding hydrogens is 222 g/mol. The molecule has 92 valence electrons. The van der Waals surface area contributed by atoms with E-state index in [0.29, 0.717) is 11.4 Å². The molecule has 1 atom stereocenters. The molecule has 0 aliphatic heterocycles. The van der Waals surface area contributed by atoms with Crippen LogP contribution in [-0.2, 0) is 9.59 Å². The van der Waals surface area contributed by atoms with Crippen molar-refractivity contribution in [3.8, 4) is 5.75 Å². The minimum Gasteiger partial charge on any atom is -0.489 e. The number of nitrogens with two attached hydrogens (primary N) is 2. The van der Waals surface area contributed by atoms with Gasteiger partial charge in [0.1, 0.15) is 18.4 Å². The summed E-state index contributed by atoms with van der Waals surface area (Å²) >= 11 is 0. The third-order valence-electron chi connectivity index (χ3n) is 1.98. The SMILES string of the molecule is CC(=O)Nc1ccccc1OCC(N)C(N)=O. The van der Waals surface area contributed by atoms with Crippen LogP contribution in [0, 0.1) is 0 Å². The molecule has 6 heteroatoms. The number of primary amides is 1. The lowest BCUT2D eigenvalue weighted by Gasteiger charge is -2.13. The van der Waals surface area contributed by atoms with Gasteiger partial charge in [-0.05, 0) is 12.1 Å². The Morgan fingerprint density at radius 1 is 1.41 bits per heavy atom. The number of benzene rings is 1. The smallest absolute Gasteiger partial charge is 0.237 e. The number of hydrogen-bond acceptors (Lipinski definition) is 4. The van der Waals surface area contributed by atoms with Crippen molar-refractivity contribution in [3.05, 3.63) is 24.3 Å². The zero-order valence-electron chi connectivity index (χ0n) is 9.47. The van der Waals surface area contributed by atoms with Gasteiger partial charge < -0.3 is 21.5 Å². The Kier molecular flexibility index (Phi) is 4.47. The number of carbonyl (C=O) groups is 2. The van der Waals surface area contributed by atoms with Crippen molar-refractivity contribution in [1.82, 2.24) is 0 Å². The molecule has 1 aromatic carbocycles. The van der Waals surface area contributed by atoms with Crippen LogP contribution in [0.2, 0.25) is 0 Å². The van der Waals surface area contributed by atoms with Crippen LogP contribution in [-0.4, -0.2) is 24.5 Å². The molecule has 1 rings (SSSR count). The lowest BCUT2D eigenvalue weighted by Crippen LogP contribution is -2.41. The number of carbonyl (C=O) groups excluding carboxylic acids is 2. The van der Waals surface area contributed by atoms with Crippen molar-refractivity contribution in [1.29, 1.82) is 0 Å². The predicted octanol–water partition coefficient (Wildman–Crippen LogP) is -0.164. The molecule has 0 saturated heterocycles. The molecule has 2 amide bonds. The number of para-hydroxylation sites is 2. The van der Waals surface area contributed by atoms with Crippen LogP contribution in [0.4, 0.5) is 5.69 Å². The number of nitrogens with one attached hydrogen (secondary N) is 1. The first kappa shape index (κ1) is 13.0. The minimum absolute atomic E-state index is 0.0358. The van der Waals surface area contributed by atoms with Gasteiger partial charge in [-0.25, -0.2) is 0 Å². The van der Waals surface area contributed by atoms with Gasteiger partial charge in [-0.3, -0.25) is 9.59 Å². The average Bonchev–Trinajstić information content (AvgIpc) is 2.26. The first-order valence-corrected chi connectivity index (χ1v) is 5.05. The molecule has 17 heavy (non-hydrogen) atoms. The van der Waals surface area contributed by atoms with E-state index in [1.54, 1.807) is 24.3 Å². The fourth-order valence-corrected chi connectivity index (χ4v) is 1.15. The molecule has 0 radical (unpaired) electrons. The molecule has 0 spiro atoms. The normalized spacial score (nSPS) is 11.6. The van der Waals surface area contributed by atoms with E-state index in [0.717, 1.165) is 0 Å². The fraction of sp³-hybridized carbons (Fsp3) is 0.273. The summed E-state index contributed by atoms with van der Waals surface area (Å²) in [6, 6.07) is 5.98. The Morgan fingerprint density at radius 2 is 2.06 bits per heavy atom. The van der Waals surface area contributed by atoms with Crippen LogP contribution in [0.25, 0.3) is 0 Å². The number of ether oxygens (including phenoxy) is 1. The first-order chi connectivity index (χ1) is 8.00. The number of amides is 2. The summed E-state index contributed by atoms with van der Waals surface area (Å²) < 4.78 is 5.32. The summed E-state index contributed by atoms with van der Waals surface area (Å²) in [5, 5.41) is 2.61. The highest BCUT2D eigenvalue weighted by Crippen LogP contribution is 2.23.